The van der Waals surface area contributed by atoms with Gasteiger partial charge in [0, 0.05) is 42.1 Å². The number of carbonyl (C=O) groups excluding carboxylic acids is 1. The molecule has 0 aliphatic rings. The summed E-state index contributed by atoms with van der Waals surface area (Å²) in [6, 6.07) is 13.0. The number of carbonyl (C=O) groups is 1. The molecular weight excluding hydrogens is 466 g/mol. The van der Waals surface area contributed by atoms with Gasteiger partial charge in [0.15, 0.2) is 11.5 Å². The first kappa shape index (κ1) is 25.7. The van der Waals surface area contributed by atoms with Crippen LogP contribution in [-0.2, 0) is 11.3 Å². The standard InChI is InChI=1S/C25H27N5O6/c1-34-21-12-17(13-22(35-2)25(21)36-3)28-14-16-9-7-15(11-20(16)30(32)33)8-10-23(31)29-19-6-4-5-18(26)24(19)27/h4-13,28H,14,26-27H2,1-3H3,(H,29,31)/b10-8+. The summed E-state index contributed by atoms with van der Waals surface area (Å²) in [5, 5.41) is 17.5. The predicted molar refractivity (Wildman–Crippen MR) is 139 cm³/mol. The van der Waals surface area contributed by atoms with Gasteiger partial charge < -0.3 is 36.3 Å². The van der Waals surface area contributed by atoms with Crippen molar-refractivity contribution in [3.63, 3.8) is 0 Å². The molecule has 0 aromatic heterocycles. The second kappa shape index (κ2) is 11.5. The predicted octanol–water partition coefficient (Wildman–Crippen LogP) is 4.05. The molecule has 11 heteroatoms. The van der Waals surface area contributed by atoms with Gasteiger partial charge in [0.05, 0.1) is 43.3 Å². The van der Waals surface area contributed by atoms with Crippen LogP contribution in [0, 0.1) is 10.1 Å². The van der Waals surface area contributed by atoms with E-state index in [9.17, 15) is 14.9 Å². The fourth-order valence-electron chi connectivity index (χ4n) is 3.42. The van der Waals surface area contributed by atoms with Crippen LogP contribution in [0.4, 0.5) is 28.4 Å². The third-order valence-electron chi connectivity index (χ3n) is 5.28. The van der Waals surface area contributed by atoms with Gasteiger partial charge in [0.1, 0.15) is 0 Å². The van der Waals surface area contributed by atoms with Crippen LogP contribution in [0.2, 0.25) is 0 Å². The smallest absolute Gasteiger partial charge is 0.274 e. The Kier molecular flexibility index (Phi) is 8.18. The molecule has 6 N–H and O–H groups in total. The highest BCUT2D eigenvalue weighted by Crippen LogP contribution is 2.40. The number of ether oxygens (including phenoxy) is 3. The summed E-state index contributed by atoms with van der Waals surface area (Å²) in [5.41, 5.74) is 14.0. The molecule has 3 aromatic rings. The summed E-state index contributed by atoms with van der Waals surface area (Å²) in [4.78, 5) is 23.5. The maximum atomic E-state index is 12.3. The van der Waals surface area contributed by atoms with E-state index in [-0.39, 0.29) is 17.9 Å². The molecule has 0 atom stereocenters. The SMILES string of the molecule is COc1cc(NCc2ccc(/C=C/C(=O)Nc3cccc(N)c3N)cc2[N+](=O)[O-])cc(OC)c1OC. The molecule has 3 rings (SSSR count). The van der Waals surface area contributed by atoms with Crippen molar-refractivity contribution in [3.8, 4) is 17.2 Å². The number of hydrogen-bond donors (Lipinski definition) is 4. The van der Waals surface area contributed by atoms with Crippen LogP contribution < -0.4 is 36.3 Å². The number of methoxy groups -OCH3 is 3. The quantitative estimate of drug-likeness (QED) is 0.141. The monoisotopic (exact) mass is 493 g/mol. The Hall–Kier alpha value is -4.93. The lowest BCUT2D eigenvalue weighted by Gasteiger charge is -2.15. The Labute approximate surface area is 207 Å². The average molecular weight is 494 g/mol. The zero-order valence-corrected chi connectivity index (χ0v) is 20.0. The van der Waals surface area contributed by atoms with Crippen molar-refractivity contribution in [2.75, 3.05) is 43.4 Å². The molecule has 0 saturated carbocycles. The van der Waals surface area contributed by atoms with Crippen LogP contribution in [0.25, 0.3) is 6.08 Å². The van der Waals surface area contributed by atoms with E-state index in [1.165, 1.54) is 39.5 Å². The Morgan fingerprint density at radius 2 is 1.72 bits per heavy atom. The maximum absolute atomic E-state index is 12.3. The molecule has 11 nitrogen and oxygen atoms in total. The van der Waals surface area contributed by atoms with Crippen LogP contribution in [-0.4, -0.2) is 32.2 Å². The number of benzene rings is 3. The summed E-state index contributed by atoms with van der Waals surface area (Å²) < 4.78 is 16.0. The van der Waals surface area contributed by atoms with Gasteiger partial charge in [-0.15, -0.1) is 0 Å². The number of hydrogen-bond acceptors (Lipinski definition) is 9. The molecule has 0 bridgehead atoms. The number of nitrogen functional groups attached to an aromatic ring is 2. The maximum Gasteiger partial charge on any atom is 0.274 e. The normalized spacial score (nSPS) is 10.6. The van der Waals surface area contributed by atoms with E-state index >= 15 is 0 Å². The third-order valence-corrected chi connectivity index (χ3v) is 5.28. The molecule has 0 fully saturated rings. The summed E-state index contributed by atoms with van der Waals surface area (Å²) in [6.45, 7) is 0.161. The number of anilines is 4. The van der Waals surface area contributed by atoms with Gasteiger partial charge in [-0.3, -0.25) is 14.9 Å². The zero-order valence-electron chi connectivity index (χ0n) is 20.0. The number of nitro benzene ring substituents is 1. The second-order valence-corrected chi connectivity index (χ2v) is 7.54. The van der Waals surface area contributed by atoms with Crippen molar-refractivity contribution in [1.82, 2.24) is 0 Å². The van der Waals surface area contributed by atoms with E-state index in [0.29, 0.717) is 45.4 Å². The number of nitro groups is 1. The Morgan fingerprint density at radius 3 is 2.33 bits per heavy atom. The van der Waals surface area contributed by atoms with E-state index in [2.05, 4.69) is 10.6 Å². The lowest BCUT2D eigenvalue weighted by Crippen LogP contribution is -2.10. The van der Waals surface area contributed by atoms with Crippen molar-refractivity contribution in [3.05, 3.63) is 75.8 Å². The minimum atomic E-state index is -0.475. The van der Waals surface area contributed by atoms with E-state index in [4.69, 9.17) is 25.7 Å². The zero-order chi connectivity index (χ0) is 26.2. The lowest BCUT2D eigenvalue weighted by molar-refractivity contribution is -0.385. The fourth-order valence-corrected chi connectivity index (χ4v) is 3.42. The number of para-hydroxylation sites is 1. The fraction of sp³-hybridized carbons (Fsp3) is 0.160. The molecule has 0 aliphatic carbocycles. The topological polar surface area (TPSA) is 164 Å². The van der Waals surface area contributed by atoms with Gasteiger partial charge in [-0.2, -0.15) is 0 Å². The van der Waals surface area contributed by atoms with Gasteiger partial charge in [-0.05, 0) is 29.8 Å². The van der Waals surface area contributed by atoms with Crippen LogP contribution in [0.3, 0.4) is 0 Å². The minimum Gasteiger partial charge on any atom is -0.493 e. The van der Waals surface area contributed by atoms with E-state index in [1.54, 1.807) is 42.5 Å². The molecule has 0 heterocycles. The van der Waals surface area contributed by atoms with Gasteiger partial charge in [0.2, 0.25) is 11.7 Å². The summed E-state index contributed by atoms with van der Waals surface area (Å²) in [5.74, 6) is 0.887. The van der Waals surface area contributed by atoms with Gasteiger partial charge in [0.25, 0.3) is 5.69 Å². The highest BCUT2D eigenvalue weighted by atomic mass is 16.6. The first-order valence-electron chi connectivity index (χ1n) is 10.7. The number of amides is 1. The van der Waals surface area contributed by atoms with Crippen molar-refractivity contribution in [1.29, 1.82) is 0 Å². The molecule has 0 spiro atoms. The van der Waals surface area contributed by atoms with Crippen molar-refractivity contribution >= 4 is 40.4 Å². The highest BCUT2D eigenvalue weighted by Gasteiger charge is 2.16. The number of nitrogens with one attached hydrogen (secondary N) is 2. The minimum absolute atomic E-state index is 0.0995. The van der Waals surface area contributed by atoms with E-state index in [1.807, 2.05) is 0 Å². The molecule has 188 valence electrons. The molecule has 1 amide bonds. The summed E-state index contributed by atoms with van der Waals surface area (Å²) in [7, 11) is 4.51. The van der Waals surface area contributed by atoms with Gasteiger partial charge >= 0.3 is 0 Å². The van der Waals surface area contributed by atoms with E-state index < -0.39 is 10.8 Å². The summed E-state index contributed by atoms with van der Waals surface area (Å²) in [6.07, 6.45) is 2.73. The van der Waals surface area contributed by atoms with Crippen molar-refractivity contribution in [2.24, 2.45) is 0 Å². The highest BCUT2D eigenvalue weighted by molar-refractivity contribution is 6.04. The Morgan fingerprint density at radius 1 is 1.03 bits per heavy atom. The van der Waals surface area contributed by atoms with Gasteiger partial charge in [-0.1, -0.05) is 12.1 Å². The molecule has 36 heavy (non-hydrogen) atoms. The first-order chi connectivity index (χ1) is 17.3. The summed E-state index contributed by atoms with van der Waals surface area (Å²) >= 11 is 0. The molecule has 3 aromatic carbocycles. The third kappa shape index (κ3) is 5.95. The van der Waals surface area contributed by atoms with Crippen LogP contribution in [0.5, 0.6) is 17.2 Å². The molecule has 0 aliphatic heterocycles. The molecule has 0 radical (unpaired) electrons. The molecule has 0 saturated heterocycles. The number of nitrogens with zero attached hydrogens (tertiary/aromatic N) is 1. The van der Waals surface area contributed by atoms with Crippen LogP contribution >= 0.6 is 0 Å². The van der Waals surface area contributed by atoms with Gasteiger partial charge in [-0.25, -0.2) is 0 Å². The Balaban J connectivity index is 1.76. The molecule has 0 unspecified atom stereocenters. The second-order valence-electron chi connectivity index (χ2n) is 7.54. The van der Waals surface area contributed by atoms with Crippen LogP contribution in [0.1, 0.15) is 11.1 Å². The lowest BCUT2D eigenvalue weighted by atomic mass is 10.1. The molecular formula is C25H27N5O6. The Bertz CT molecular complexity index is 1280. The first-order valence-corrected chi connectivity index (χ1v) is 10.7. The van der Waals surface area contributed by atoms with Crippen molar-refractivity contribution < 1.29 is 23.9 Å². The van der Waals surface area contributed by atoms with Crippen molar-refractivity contribution in [2.45, 2.75) is 6.54 Å². The average Bonchev–Trinajstić information content (AvgIpc) is 2.88. The number of rotatable bonds is 10. The number of nitrogens with two attached hydrogens (primary N) is 2. The van der Waals surface area contributed by atoms with Crippen LogP contribution in [0.15, 0.2) is 54.6 Å². The largest absolute Gasteiger partial charge is 0.493 e. The van der Waals surface area contributed by atoms with E-state index in [0.717, 1.165) is 0 Å².